The van der Waals surface area contributed by atoms with Gasteiger partial charge in [-0.15, -0.1) is 0 Å². The van der Waals surface area contributed by atoms with Crippen LogP contribution in [0.1, 0.15) is 18.1 Å². The second kappa shape index (κ2) is 8.81. The first kappa shape index (κ1) is 18.4. The summed E-state index contributed by atoms with van der Waals surface area (Å²) in [5.74, 6) is 0.652. The number of hydrogen-bond donors (Lipinski definition) is 1. The van der Waals surface area contributed by atoms with E-state index in [9.17, 15) is 4.39 Å². The molecule has 4 nitrogen and oxygen atoms in total. The molecule has 0 aliphatic carbocycles. The highest BCUT2D eigenvalue weighted by Crippen LogP contribution is 2.30. The first-order valence-corrected chi connectivity index (χ1v) is 8.00. The van der Waals surface area contributed by atoms with E-state index in [-0.39, 0.29) is 23.0 Å². The summed E-state index contributed by atoms with van der Waals surface area (Å²) in [4.78, 5) is 0.0281. The van der Waals surface area contributed by atoms with Gasteiger partial charge in [-0.2, -0.15) is 5.26 Å². The average Bonchev–Trinajstić information content (AvgIpc) is 2.60. The summed E-state index contributed by atoms with van der Waals surface area (Å²) in [6.07, 6.45) is 1.57. The molecule has 0 fully saturated rings. The van der Waals surface area contributed by atoms with Crippen LogP contribution in [0.2, 0.25) is 0 Å². The first-order valence-electron chi connectivity index (χ1n) is 7.59. The van der Waals surface area contributed by atoms with Crippen molar-refractivity contribution >= 4 is 23.3 Å². The van der Waals surface area contributed by atoms with Gasteiger partial charge < -0.3 is 15.2 Å². The topological polar surface area (TPSA) is 68.3 Å². The predicted molar refractivity (Wildman–Crippen MR) is 98.7 cm³/mol. The average molecular weight is 356 g/mol. The van der Waals surface area contributed by atoms with Crippen LogP contribution in [0.3, 0.4) is 0 Å². The van der Waals surface area contributed by atoms with Crippen molar-refractivity contribution in [2.24, 2.45) is 5.73 Å². The fourth-order valence-electron chi connectivity index (χ4n) is 2.10. The maximum absolute atomic E-state index is 13.7. The van der Waals surface area contributed by atoms with Crippen LogP contribution in [0.25, 0.3) is 6.08 Å². The van der Waals surface area contributed by atoms with Gasteiger partial charge in [-0.05, 0) is 36.8 Å². The van der Waals surface area contributed by atoms with Crippen molar-refractivity contribution in [3.05, 3.63) is 65.0 Å². The second-order valence-corrected chi connectivity index (χ2v) is 5.49. The fraction of sp³-hybridized carbons (Fsp3) is 0.158. The Morgan fingerprint density at radius 1 is 1.24 bits per heavy atom. The minimum absolute atomic E-state index is 0.0281. The molecule has 0 atom stereocenters. The van der Waals surface area contributed by atoms with E-state index in [0.717, 1.165) is 0 Å². The molecule has 2 rings (SSSR count). The number of thiocarbonyl (C=S) groups is 1. The van der Waals surface area contributed by atoms with Crippen LogP contribution >= 0.6 is 12.2 Å². The summed E-state index contributed by atoms with van der Waals surface area (Å²) in [5, 5.41) is 9.04. The van der Waals surface area contributed by atoms with Gasteiger partial charge in [-0.25, -0.2) is 4.39 Å². The lowest BCUT2D eigenvalue weighted by molar-refractivity contribution is 0.266. The van der Waals surface area contributed by atoms with E-state index in [1.165, 1.54) is 6.07 Å². The minimum Gasteiger partial charge on any atom is -0.490 e. The standard InChI is InChI=1S/C19H17FN2O2S/c1-2-23-18-10-13(9-15(11-21)19(22)25)7-8-17(18)24-12-14-5-3-4-6-16(14)20/h3-10H,2,12H2,1H3,(H2,22,25). The Morgan fingerprint density at radius 3 is 2.64 bits per heavy atom. The van der Waals surface area contributed by atoms with E-state index in [4.69, 9.17) is 32.7 Å². The Kier molecular flexibility index (Phi) is 6.49. The lowest BCUT2D eigenvalue weighted by atomic mass is 10.1. The van der Waals surface area contributed by atoms with Crippen molar-refractivity contribution in [3.8, 4) is 17.6 Å². The summed E-state index contributed by atoms with van der Waals surface area (Å²) in [5.41, 5.74) is 6.86. The highest BCUT2D eigenvalue weighted by Gasteiger charge is 2.09. The summed E-state index contributed by atoms with van der Waals surface area (Å²) in [7, 11) is 0. The molecular formula is C19H17FN2O2S. The zero-order valence-corrected chi connectivity index (χ0v) is 14.5. The number of rotatable bonds is 7. The summed E-state index contributed by atoms with van der Waals surface area (Å²) < 4.78 is 25.0. The molecule has 0 saturated heterocycles. The number of hydrogen-bond acceptors (Lipinski definition) is 4. The molecule has 0 aliphatic heterocycles. The van der Waals surface area contributed by atoms with E-state index in [1.807, 2.05) is 13.0 Å². The zero-order chi connectivity index (χ0) is 18.2. The fourth-order valence-corrected chi connectivity index (χ4v) is 2.20. The Hall–Kier alpha value is -2.91. The van der Waals surface area contributed by atoms with Crippen LogP contribution in [0.4, 0.5) is 4.39 Å². The number of nitrogens with two attached hydrogens (primary N) is 1. The molecule has 2 N–H and O–H groups in total. The molecule has 6 heteroatoms. The molecule has 0 aromatic heterocycles. The normalized spacial score (nSPS) is 10.8. The quantitative estimate of drug-likeness (QED) is 0.461. The van der Waals surface area contributed by atoms with Crippen molar-refractivity contribution in [1.82, 2.24) is 0 Å². The third kappa shape index (κ3) is 5.03. The van der Waals surface area contributed by atoms with Crippen LogP contribution in [0.15, 0.2) is 48.0 Å². The Balaban J connectivity index is 2.26. The number of nitrogens with zero attached hydrogens (tertiary/aromatic N) is 1. The zero-order valence-electron chi connectivity index (χ0n) is 13.7. The van der Waals surface area contributed by atoms with Gasteiger partial charge >= 0.3 is 0 Å². The molecule has 0 radical (unpaired) electrons. The summed E-state index contributed by atoms with van der Waals surface area (Å²) in [6, 6.07) is 13.5. The minimum atomic E-state index is -0.324. The number of ether oxygens (including phenoxy) is 2. The molecule has 0 spiro atoms. The lowest BCUT2D eigenvalue weighted by Gasteiger charge is -2.13. The largest absolute Gasteiger partial charge is 0.490 e. The predicted octanol–water partition coefficient (Wildman–Crippen LogP) is 4.00. The van der Waals surface area contributed by atoms with Crippen LogP contribution < -0.4 is 15.2 Å². The molecular weight excluding hydrogens is 339 g/mol. The number of halogens is 1. The summed E-state index contributed by atoms with van der Waals surface area (Å²) >= 11 is 4.83. The Labute approximate surface area is 151 Å². The van der Waals surface area contributed by atoms with E-state index in [2.05, 4.69) is 0 Å². The van der Waals surface area contributed by atoms with Crippen LogP contribution in [-0.2, 0) is 6.61 Å². The third-order valence-corrected chi connectivity index (χ3v) is 3.53. The Morgan fingerprint density at radius 2 is 2.00 bits per heavy atom. The van der Waals surface area contributed by atoms with Crippen molar-refractivity contribution in [2.45, 2.75) is 13.5 Å². The van der Waals surface area contributed by atoms with Crippen LogP contribution in [-0.4, -0.2) is 11.6 Å². The van der Waals surface area contributed by atoms with Crippen LogP contribution in [0.5, 0.6) is 11.5 Å². The van der Waals surface area contributed by atoms with E-state index in [0.29, 0.717) is 29.2 Å². The van der Waals surface area contributed by atoms with Gasteiger partial charge in [0.2, 0.25) is 0 Å². The molecule has 25 heavy (non-hydrogen) atoms. The monoisotopic (exact) mass is 356 g/mol. The van der Waals surface area contributed by atoms with Gasteiger partial charge in [0.1, 0.15) is 23.5 Å². The second-order valence-electron chi connectivity index (χ2n) is 5.05. The van der Waals surface area contributed by atoms with E-state index < -0.39 is 0 Å². The van der Waals surface area contributed by atoms with E-state index >= 15 is 0 Å². The molecule has 0 unspecified atom stereocenters. The molecule has 0 aliphatic rings. The molecule has 0 bridgehead atoms. The third-order valence-electron chi connectivity index (χ3n) is 3.31. The molecule has 0 saturated carbocycles. The molecule has 2 aromatic carbocycles. The highest BCUT2D eigenvalue weighted by atomic mass is 32.1. The van der Waals surface area contributed by atoms with Crippen molar-refractivity contribution in [1.29, 1.82) is 5.26 Å². The maximum Gasteiger partial charge on any atom is 0.161 e. The van der Waals surface area contributed by atoms with Crippen LogP contribution in [0, 0.1) is 17.1 Å². The highest BCUT2D eigenvalue weighted by molar-refractivity contribution is 7.80. The van der Waals surface area contributed by atoms with Gasteiger partial charge in [-0.3, -0.25) is 0 Å². The number of benzene rings is 2. The van der Waals surface area contributed by atoms with Gasteiger partial charge in [0.15, 0.2) is 11.5 Å². The number of nitriles is 1. The molecule has 0 amide bonds. The lowest BCUT2D eigenvalue weighted by Crippen LogP contribution is -2.09. The SMILES string of the molecule is CCOc1cc(C=C(C#N)C(N)=S)ccc1OCc1ccccc1F. The van der Waals surface area contributed by atoms with Gasteiger partial charge in [0.05, 0.1) is 12.2 Å². The summed E-state index contributed by atoms with van der Waals surface area (Å²) in [6.45, 7) is 2.36. The molecule has 2 aromatic rings. The van der Waals surface area contributed by atoms with Crippen molar-refractivity contribution < 1.29 is 13.9 Å². The van der Waals surface area contributed by atoms with Crippen molar-refractivity contribution in [2.75, 3.05) is 6.61 Å². The van der Waals surface area contributed by atoms with E-state index in [1.54, 1.807) is 42.5 Å². The molecule has 128 valence electrons. The van der Waals surface area contributed by atoms with Gasteiger partial charge in [0.25, 0.3) is 0 Å². The first-order chi connectivity index (χ1) is 12.0. The Bertz CT molecular complexity index is 844. The van der Waals surface area contributed by atoms with Gasteiger partial charge in [-0.1, -0.05) is 36.5 Å². The molecule has 0 heterocycles. The smallest absolute Gasteiger partial charge is 0.161 e. The van der Waals surface area contributed by atoms with Crippen molar-refractivity contribution in [3.63, 3.8) is 0 Å². The van der Waals surface area contributed by atoms with Gasteiger partial charge in [0, 0.05) is 5.56 Å². The maximum atomic E-state index is 13.7.